The molecule has 1 amide bonds. The number of amides is 1. The van der Waals surface area contributed by atoms with E-state index in [2.05, 4.69) is 166 Å². The summed E-state index contributed by atoms with van der Waals surface area (Å²) in [5.41, 5.74) is -0.144. The van der Waals surface area contributed by atoms with Gasteiger partial charge in [0.05, 0.1) is 0 Å². The summed E-state index contributed by atoms with van der Waals surface area (Å²) in [5, 5.41) is 8.25. The molecule has 0 spiro atoms. The van der Waals surface area contributed by atoms with Crippen molar-refractivity contribution >= 4 is 57.7 Å². The number of nitrogens with one attached hydrogen (secondary N) is 1. The molecule has 4 saturated carbocycles. The summed E-state index contributed by atoms with van der Waals surface area (Å²) in [6, 6.07) is 43.8. The number of nitrogens with zero attached hydrogens (tertiary/aromatic N) is 2. The Hall–Kier alpha value is -2.76. The van der Waals surface area contributed by atoms with Crippen LogP contribution in [0.3, 0.4) is 0 Å². The molecule has 4 aliphatic carbocycles. The quantitative estimate of drug-likeness (QED) is 0.128. The maximum atomic E-state index is 16.4. The predicted octanol–water partition coefficient (Wildman–Crippen LogP) is 9.77. The third-order valence-corrected chi connectivity index (χ3v) is 26.4. The lowest BCUT2D eigenvalue weighted by molar-refractivity contribution is -0.125. The number of hydrogen-bond acceptors (Lipinski definition) is 3. The van der Waals surface area contributed by atoms with E-state index in [1.165, 1.54) is 40.5 Å². The fourth-order valence-corrected chi connectivity index (χ4v) is 29.7. The van der Waals surface area contributed by atoms with E-state index in [-0.39, 0.29) is 11.4 Å². The van der Waals surface area contributed by atoms with Gasteiger partial charge in [0, 0.05) is 19.6 Å². The Bertz CT molecular complexity index is 1680. The van der Waals surface area contributed by atoms with Crippen LogP contribution in [0.2, 0.25) is 39.3 Å². The Kier molecular flexibility index (Phi) is 9.74. The van der Waals surface area contributed by atoms with E-state index in [4.69, 9.17) is 8.82 Å². The van der Waals surface area contributed by atoms with E-state index >= 15 is 4.79 Å². The lowest BCUT2D eigenvalue weighted by atomic mass is 9.53. The molecule has 4 fully saturated rings. The molecule has 1 N–H and O–H groups in total. The Morgan fingerprint density at radius 1 is 0.560 bits per heavy atom. The Balaban J connectivity index is 1.64. The van der Waals surface area contributed by atoms with Crippen molar-refractivity contribution in [3.63, 3.8) is 0 Å². The topological polar surface area (TPSA) is 53.8 Å². The van der Waals surface area contributed by atoms with Crippen LogP contribution in [0, 0.1) is 17.8 Å². The number of rotatable bonds is 10. The van der Waals surface area contributed by atoms with Crippen molar-refractivity contribution in [2.45, 2.75) is 88.7 Å². The fraction of sp³-hybridized carbons (Fsp3) is 0.405. The SMILES string of the molecule is C[Si](C)(C)N=P(c1ccccc1)(c1ccccc1)C(C(=O)NC12CC3CC(CC(C3)C1)C2)P(=N[Si](C)(C)C)(c1ccccc1)c1ccccc1. The maximum absolute atomic E-state index is 16.4. The molecule has 0 saturated heterocycles. The minimum Gasteiger partial charge on any atom is -0.350 e. The molecule has 4 aliphatic rings. The van der Waals surface area contributed by atoms with Gasteiger partial charge in [-0.2, -0.15) is 0 Å². The monoisotopic (exact) mass is 735 g/mol. The average Bonchev–Trinajstić information content (AvgIpc) is 3.07. The molecule has 8 rings (SSSR count). The van der Waals surface area contributed by atoms with Gasteiger partial charge >= 0.3 is 0 Å². The fourth-order valence-electron chi connectivity index (χ4n) is 9.94. The summed E-state index contributed by atoms with van der Waals surface area (Å²) in [6.45, 7) is 14.1. The van der Waals surface area contributed by atoms with Crippen molar-refractivity contribution < 1.29 is 4.79 Å². The molecular formula is C42H55N3OP2Si2. The van der Waals surface area contributed by atoms with Gasteiger partial charge in [0.2, 0.25) is 5.91 Å². The summed E-state index contributed by atoms with van der Waals surface area (Å²) in [6.07, 6.45) is 7.34. The van der Waals surface area contributed by atoms with Gasteiger partial charge in [0.15, 0.2) is 16.5 Å². The van der Waals surface area contributed by atoms with Crippen LogP contribution < -0.4 is 26.5 Å². The van der Waals surface area contributed by atoms with Gasteiger partial charge in [-0.25, -0.2) is 0 Å². The van der Waals surface area contributed by atoms with Crippen LogP contribution in [0.25, 0.3) is 0 Å². The van der Waals surface area contributed by atoms with Crippen molar-refractivity contribution in [1.29, 1.82) is 0 Å². The van der Waals surface area contributed by atoms with E-state index in [1.807, 2.05) is 0 Å². The molecule has 50 heavy (non-hydrogen) atoms. The molecule has 0 atom stereocenters. The molecule has 4 aromatic carbocycles. The zero-order chi connectivity index (χ0) is 35.2. The molecule has 0 unspecified atom stereocenters. The number of carbonyl (C=O) groups excluding carboxylic acids is 1. The van der Waals surface area contributed by atoms with Crippen molar-refractivity contribution in [1.82, 2.24) is 5.32 Å². The van der Waals surface area contributed by atoms with Gasteiger partial charge in [-0.15, -0.1) is 0 Å². The van der Waals surface area contributed by atoms with Crippen molar-refractivity contribution in [3.8, 4) is 0 Å². The first-order valence-corrected chi connectivity index (χ1v) is 29.1. The second-order valence-electron chi connectivity index (χ2n) is 17.3. The van der Waals surface area contributed by atoms with Gasteiger partial charge in [-0.1, -0.05) is 161 Å². The standard InChI is InChI=1S/C42H55N3OP2Si2/c1-49(2,3)44-47(36-19-11-7-12-20-36,37-21-13-8-14-22-37)41(40(46)43-42-30-33-27-34(31-42)29-35(28-33)32-42)48(45-50(4,5)6,38-23-15-9-16-24-38)39-25-17-10-18-26-39/h7-26,33-35,41H,27-32H2,1-6H3,(H,43,46). The summed E-state index contributed by atoms with van der Waals surface area (Å²) in [7, 11) is -10.2. The van der Waals surface area contributed by atoms with Crippen molar-refractivity contribution in [3.05, 3.63) is 121 Å². The highest BCUT2D eigenvalue weighted by Gasteiger charge is 2.56. The van der Waals surface area contributed by atoms with E-state index in [1.54, 1.807) is 0 Å². The molecular weight excluding hydrogens is 681 g/mol. The van der Waals surface area contributed by atoms with Crippen LogP contribution >= 0.6 is 14.1 Å². The highest BCUT2D eigenvalue weighted by atomic mass is 31.2. The van der Waals surface area contributed by atoms with E-state index < -0.39 is 36.0 Å². The molecule has 4 nitrogen and oxygen atoms in total. The van der Waals surface area contributed by atoms with Crippen LogP contribution in [0.15, 0.2) is 130 Å². The largest absolute Gasteiger partial charge is 0.350 e. The number of benzene rings is 4. The first-order valence-electron chi connectivity index (χ1n) is 18.6. The van der Waals surface area contributed by atoms with Gasteiger partial charge in [0.25, 0.3) is 0 Å². The van der Waals surface area contributed by atoms with E-state index in [0.717, 1.165) is 37.0 Å². The van der Waals surface area contributed by atoms with Crippen molar-refractivity contribution in [2.75, 3.05) is 0 Å². The molecule has 8 heteroatoms. The summed E-state index contributed by atoms with van der Waals surface area (Å²) in [5.74, 6) is 2.36. The summed E-state index contributed by atoms with van der Waals surface area (Å²) >= 11 is 0. The van der Waals surface area contributed by atoms with Gasteiger partial charge in [-0.3, -0.25) is 4.79 Å². The normalized spacial score (nSPS) is 23.5. The minimum atomic E-state index is -2.88. The summed E-state index contributed by atoms with van der Waals surface area (Å²) < 4.78 is 12.4. The van der Waals surface area contributed by atoms with Gasteiger partial charge < -0.3 is 14.1 Å². The van der Waals surface area contributed by atoms with Gasteiger partial charge in [0.1, 0.15) is 5.40 Å². The third kappa shape index (κ3) is 6.91. The lowest BCUT2D eigenvalue weighted by Crippen LogP contribution is -2.61. The summed E-state index contributed by atoms with van der Waals surface area (Å²) in [4.78, 5) is 16.4. The van der Waals surface area contributed by atoms with Crippen LogP contribution in [-0.4, -0.2) is 33.3 Å². The Morgan fingerprint density at radius 3 is 1.10 bits per heavy atom. The first kappa shape index (κ1) is 35.6. The molecule has 0 radical (unpaired) electrons. The van der Waals surface area contributed by atoms with Crippen molar-refractivity contribution in [2.24, 2.45) is 26.6 Å². The lowest BCUT2D eigenvalue weighted by Gasteiger charge is -2.57. The molecule has 4 aromatic rings. The van der Waals surface area contributed by atoms with Crippen LogP contribution in [0.4, 0.5) is 0 Å². The molecule has 0 aromatic heterocycles. The van der Waals surface area contributed by atoms with E-state index in [9.17, 15) is 0 Å². The third-order valence-electron chi connectivity index (χ3n) is 10.9. The smallest absolute Gasteiger partial charge is 0.236 e. The Morgan fingerprint density at radius 2 is 0.840 bits per heavy atom. The highest BCUT2D eigenvalue weighted by Crippen LogP contribution is 2.70. The number of carbonyl (C=O) groups is 1. The molecule has 0 heterocycles. The molecule has 262 valence electrons. The van der Waals surface area contributed by atoms with Gasteiger partial charge in [-0.05, 0) is 77.5 Å². The molecule has 4 bridgehead atoms. The zero-order valence-corrected chi connectivity index (χ0v) is 34.6. The predicted molar refractivity (Wildman–Crippen MR) is 223 cm³/mol. The highest BCUT2D eigenvalue weighted by molar-refractivity contribution is 7.99. The Labute approximate surface area is 303 Å². The zero-order valence-electron chi connectivity index (χ0n) is 30.8. The first-order chi connectivity index (χ1) is 23.8. The average molecular weight is 736 g/mol. The van der Waals surface area contributed by atoms with E-state index in [0.29, 0.717) is 0 Å². The number of hydrogen-bond donors (Lipinski definition) is 1. The molecule has 0 aliphatic heterocycles. The van der Waals surface area contributed by atoms with Crippen LogP contribution in [0.5, 0.6) is 0 Å². The maximum Gasteiger partial charge on any atom is 0.236 e. The van der Waals surface area contributed by atoms with Crippen LogP contribution in [0.1, 0.15) is 38.5 Å². The minimum absolute atomic E-state index is 0.144. The second kappa shape index (κ2) is 13.7. The second-order valence-corrected chi connectivity index (χ2v) is 33.8. The van der Waals surface area contributed by atoms with Crippen LogP contribution in [-0.2, 0) is 4.79 Å².